The van der Waals surface area contributed by atoms with Gasteiger partial charge in [0, 0.05) is 6.92 Å². The molecule has 0 aliphatic carbocycles. The molecule has 0 radical (unpaired) electrons. The molecule has 0 aliphatic heterocycles. The van der Waals surface area contributed by atoms with Crippen LogP contribution in [-0.4, -0.2) is 38.2 Å². The van der Waals surface area contributed by atoms with Crippen LogP contribution in [0.1, 0.15) is 6.92 Å². The number of hydrogen-bond acceptors (Lipinski definition) is 7. The number of hydrogen-bond donors (Lipinski definition) is 1. The summed E-state index contributed by atoms with van der Waals surface area (Å²) in [4.78, 5) is 40.0. The van der Waals surface area contributed by atoms with E-state index in [-0.39, 0.29) is 18.1 Å². The van der Waals surface area contributed by atoms with Crippen LogP contribution in [0.5, 0.6) is 5.75 Å². The minimum absolute atomic E-state index is 0.180. The van der Waals surface area contributed by atoms with Crippen LogP contribution in [0.25, 0.3) is 11.2 Å². The van der Waals surface area contributed by atoms with Gasteiger partial charge in [0.15, 0.2) is 17.9 Å². The molecule has 24 heavy (non-hydrogen) atoms. The maximum Gasteiger partial charge on any atom is 0.330 e. The number of benzene rings is 1. The van der Waals surface area contributed by atoms with Crippen molar-refractivity contribution < 1.29 is 19.2 Å². The predicted molar refractivity (Wildman–Crippen MR) is 83.2 cm³/mol. The molecule has 0 fully saturated rings. The molecular weight excluding hydrogens is 314 g/mol. The van der Waals surface area contributed by atoms with E-state index >= 15 is 0 Å². The van der Waals surface area contributed by atoms with Crippen molar-refractivity contribution in [3.8, 4) is 5.75 Å². The van der Waals surface area contributed by atoms with E-state index in [2.05, 4.69) is 20.3 Å². The Kier molecular flexibility index (Phi) is 4.32. The number of carbonyl (C=O) groups is 2. The molecule has 0 aliphatic rings. The largest absolute Gasteiger partial charge is 0.484 e. The normalized spacial score (nSPS) is 10.4. The quantitative estimate of drug-likeness (QED) is 0.739. The Morgan fingerprint density at radius 3 is 2.71 bits per heavy atom. The second-order valence-corrected chi connectivity index (χ2v) is 4.70. The van der Waals surface area contributed by atoms with Crippen molar-refractivity contribution in [3.63, 3.8) is 0 Å². The fourth-order valence-corrected chi connectivity index (χ4v) is 1.95. The van der Waals surface area contributed by atoms with E-state index in [9.17, 15) is 9.59 Å². The first-order chi connectivity index (χ1) is 11.6. The van der Waals surface area contributed by atoms with Crippen molar-refractivity contribution in [3.05, 3.63) is 43.0 Å². The lowest BCUT2D eigenvalue weighted by atomic mass is 10.3. The van der Waals surface area contributed by atoms with E-state index in [4.69, 9.17) is 9.57 Å². The minimum Gasteiger partial charge on any atom is -0.484 e. The highest BCUT2D eigenvalue weighted by molar-refractivity contribution is 5.97. The smallest absolute Gasteiger partial charge is 0.330 e. The Morgan fingerprint density at radius 2 is 1.96 bits per heavy atom. The van der Waals surface area contributed by atoms with Crippen LogP contribution in [-0.2, 0) is 9.59 Å². The molecule has 9 nitrogen and oxygen atoms in total. The van der Waals surface area contributed by atoms with Crippen molar-refractivity contribution in [1.29, 1.82) is 0 Å². The number of anilines is 1. The first kappa shape index (κ1) is 15.4. The number of rotatable bonds is 5. The van der Waals surface area contributed by atoms with E-state index in [1.54, 1.807) is 12.1 Å². The molecule has 1 amide bonds. The van der Waals surface area contributed by atoms with Gasteiger partial charge in [0.2, 0.25) is 5.65 Å². The van der Waals surface area contributed by atoms with E-state index < -0.39 is 11.9 Å². The molecule has 0 saturated carbocycles. The topological polar surface area (TPSA) is 108 Å². The minimum atomic E-state index is -0.519. The van der Waals surface area contributed by atoms with E-state index in [0.29, 0.717) is 11.3 Å². The number of amides is 1. The molecule has 1 N–H and O–H groups in total. The third-order valence-corrected chi connectivity index (χ3v) is 2.90. The van der Waals surface area contributed by atoms with Gasteiger partial charge >= 0.3 is 5.97 Å². The Bertz CT molecular complexity index is 878. The molecular formula is C15H13N5O4. The van der Waals surface area contributed by atoms with Gasteiger partial charge in [0.1, 0.15) is 18.4 Å². The number of fused-ring (bicyclic) bond motifs is 1. The second-order valence-electron chi connectivity index (χ2n) is 4.70. The second kappa shape index (κ2) is 6.73. The van der Waals surface area contributed by atoms with Gasteiger partial charge in [-0.3, -0.25) is 4.79 Å². The van der Waals surface area contributed by atoms with Gasteiger partial charge in [-0.15, -0.1) is 4.73 Å². The van der Waals surface area contributed by atoms with Crippen molar-refractivity contribution >= 4 is 28.9 Å². The van der Waals surface area contributed by atoms with Gasteiger partial charge in [-0.05, 0) is 12.1 Å². The molecule has 3 aromatic rings. The van der Waals surface area contributed by atoms with Crippen LogP contribution in [0.4, 0.5) is 5.82 Å². The number of aromatic nitrogens is 4. The molecule has 0 atom stereocenters. The zero-order chi connectivity index (χ0) is 16.9. The van der Waals surface area contributed by atoms with Gasteiger partial charge in [-0.1, -0.05) is 18.2 Å². The SMILES string of the molecule is CC(=O)On1cnc2c(NC(=O)COc3ccccc3)ncnc21. The molecule has 1 aromatic carbocycles. The third-order valence-electron chi connectivity index (χ3n) is 2.90. The van der Waals surface area contributed by atoms with Crippen molar-refractivity contribution in [1.82, 2.24) is 19.7 Å². The molecule has 0 spiro atoms. The van der Waals surface area contributed by atoms with Crippen LogP contribution in [0.15, 0.2) is 43.0 Å². The summed E-state index contributed by atoms with van der Waals surface area (Å²) < 4.78 is 6.47. The molecule has 2 heterocycles. The number of imidazole rings is 1. The van der Waals surface area contributed by atoms with Crippen LogP contribution in [0.2, 0.25) is 0 Å². The van der Waals surface area contributed by atoms with Crippen molar-refractivity contribution in [2.45, 2.75) is 6.92 Å². The number of nitrogens with zero attached hydrogens (tertiary/aromatic N) is 4. The summed E-state index contributed by atoms with van der Waals surface area (Å²) in [6.45, 7) is 1.08. The van der Waals surface area contributed by atoms with Gasteiger partial charge in [-0.25, -0.2) is 19.7 Å². The fraction of sp³-hybridized carbons (Fsp3) is 0.133. The monoisotopic (exact) mass is 327 g/mol. The number of nitrogens with one attached hydrogen (secondary N) is 1. The Labute approximate surface area is 136 Å². The summed E-state index contributed by atoms with van der Waals surface area (Å²) >= 11 is 0. The van der Waals surface area contributed by atoms with Gasteiger partial charge in [0.25, 0.3) is 5.91 Å². The van der Waals surface area contributed by atoms with Gasteiger partial charge in [-0.2, -0.15) is 0 Å². The average Bonchev–Trinajstić information content (AvgIpc) is 2.97. The standard InChI is InChI=1S/C15H13N5O4/c1-10(21)24-20-9-18-13-14(16-8-17-15(13)20)19-12(22)7-23-11-5-3-2-4-6-11/h2-6,8-9H,7H2,1H3,(H,16,17,19,22). The summed E-state index contributed by atoms with van der Waals surface area (Å²) in [6, 6.07) is 8.96. The highest BCUT2D eigenvalue weighted by atomic mass is 16.7. The number of ether oxygens (including phenoxy) is 1. The van der Waals surface area contributed by atoms with E-state index in [0.717, 1.165) is 4.73 Å². The first-order valence-electron chi connectivity index (χ1n) is 6.98. The van der Waals surface area contributed by atoms with Crippen molar-refractivity contribution in [2.24, 2.45) is 0 Å². The van der Waals surface area contributed by atoms with Crippen LogP contribution < -0.4 is 14.9 Å². The van der Waals surface area contributed by atoms with E-state index in [1.165, 1.54) is 19.6 Å². The summed E-state index contributed by atoms with van der Waals surface area (Å²) in [7, 11) is 0. The van der Waals surface area contributed by atoms with Crippen LogP contribution >= 0.6 is 0 Å². The highest BCUT2D eigenvalue weighted by Gasteiger charge is 2.14. The lowest BCUT2D eigenvalue weighted by molar-refractivity contribution is -0.141. The zero-order valence-electron chi connectivity index (χ0n) is 12.7. The van der Waals surface area contributed by atoms with Crippen LogP contribution in [0, 0.1) is 0 Å². The molecule has 122 valence electrons. The maximum atomic E-state index is 12.0. The lowest BCUT2D eigenvalue weighted by Gasteiger charge is -2.07. The highest BCUT2D eigenvalue weighted by Crippen LogP contribution is 2.16. The number of para-hydroxylation sites is 1. The summed E-state index contributed by atoms with van der Waals surface area (Å²) in [5.74, 6) is -0.136. The Balaban J connectivity index is 1.71. The first-order valence-corrected chi connectivity index (χ1v) is 6.98. The van der Waals surface area contributed by atoms with Crippen molar-refractivity contribution in [2.75, 3.05) is 11.9 Å². The Hall–Kier alpha value is -3.49. The summed E-state index contributed by atoms with van der Waals surface area (Å²) in [5.41, 5.74) is 0.561. The Morgan fingerprint density at radius 1 is 1.17 bits per heavy atom. The summed E-state index contributed by atoms with van der Waals surface area (Å²) in [6.07, 6.45) is 2.51. The molecule has 0 unspecified atom stereocenters. The van der Waals surface area contributed by atoms with Gasteiger partial charge < -0.3 is 14.9 Å². The molecule has 9 heteroatoms. The van der Waals surface area contributed by atoms with E-state index in [1.807, 2.05) is 18.2 Å². The molecule has 0 saturated heterocycles. The zero-order valence-corrected chi connectivity index (χ0v) is 12.7. The average molecular weight is 327 g/mol. The lowest BCUT2D eigenvalue weighted by Crippen LogP contribution is -2.21. The fourth-order valence-electron chi connectivity index (χ4n) is 1.95. The molecule has 0 bridgehead atoms. The summed E-state index contributed by atoms with van der Waals surface area (Å²) in [5, 5.41) is 2.59. The predicted octanol–water partition coefficient (Wildman–Crippen LogP) is 0.819. The van der Waals surface area contributed by atoms with Gasteiger partial charge in [0.05, 0.1) is 0 Å². The third kappa shape index (κ3) is 3.46. The van der Waals surface area contributed by atoms with Crippen LogP contribution in [0.3, 0.4) is 0 Å². The molecule has 3 rings (SSSR count). The molecule has 2 aromatic heterocycles. The maximum absolute atomic E-state index is 12.0. The number of carbonyl (C=O) groups excluding carboxylic acids is 2.